The highest BCUT2D eigenvalue weighted by atomic mass is 32.2. The zero-order chi connectivity index (χ0) is 22.1. The molecule has 8 nitrogen and oxygen atoms in total. The second kappa shape index (κ2) is 8.40. The van der Waals surface area contributed by atoms with Crippen molar-refractivity contribution >= 4 is 27.3 Å². The van der Waals surface area contributed by atoms with Crippen molar-refractivity contribution in [2.24, 2.45) is 0 Å². The number of halogens is 3. The quantitative estimate of drug-likeness (QED) is 0.434. The van der Waals surface area contributed by atoms with Gasteiger partial charge < -0.3 is 5.32 Å². The van der Waals surface area contributed by atoms with Crippen molar-refractivity contribution < 1.29 is 31.3 Å². The van der Waals surface area contributed by atoms with E-state index in [1.54, 1.807) is 0 Å². The van der Waals surface area contributed by atoms with E-state index < -0.39 is 50.0 Å². The van der Waals surface area contributed by atoms with Gasteiger partial charge in [-0.05, 0) is 37.1 Å². The monoisotopic (exact) mass is 443 g/mol. The molecular formula is C18H16F3N3O5S. The van der Waals surface area contributed by atoms with Crippen LogP contribution in [0.1, 0.15) is 19.3 Å². The minimum absolute atomic E-state index is 0.00231. The Hall–Kier alpha value is -2.99. The maximum Gasteiger partial charge on any atom is 0.269 e. The molecule has 1 amide bonds. The number of sulfonamides is 1. The minimum Gasteiger partial charge on any atom is -0.322 e. The summed E-state index contributed by atoms with van der Waals surface area (Å²) in [6.45, 7) is -0.00231. The maximum atomic E-state index is 13.9. The Kier molecular flexibility index (Phi) is 6.08. The van der Waals surface area contributed by atoms with Crippen molar-refractivity contribution in [3.8, 4) is 0 Å². The lowest BCUT2D eigenvalue weighted by Gasteiger charge is -2.33. The zero-order valence-corrected chi connectivity index (χ0v) is 16.2. The van der Waals surface area contributed by atoms with Crippen molar-refractivity contribution in [3.05, 3.63) is 64.0 Å². The molecule has 1 atom stereocenters. The van der Waals surface area contributed by atoms with Crippen LogP contribution >= 0.6 is 0 Å². The summed E-state index contributed by atoms with van der Waals surface area (Å²) in [4.78, 5) is 22.5. The van der Waals surface area contributed by atoms with Gasteiger partial charge in [0, 0.05) is 18.7 Å². The van der Waals surface area contributed by atoms with Crippen molar-refractivity contribution in [3.63, 3.8) is 0 Å². The van der Waals surface area contributed by atoms with Crippen LogP contribution in [0, 0.1) is 27.6 Å². The van der Waals surface area contributed by atoms with E-state index in [2.05, 4.69) is 5.32 Å². The third-order valence-electron chi connectivity index (χ3n) is 4.70. The van der Waals surface area contributed by atoms with Crippen LogP contribution in [0.4, 0.5) is 24.5 Å². The Morgan fingerprint density at radius 1 is 1.07 bits per heavy atom. The first kappa shape index (κ1) is 21.7. The molecule has 1 saturated heterocycles. The van der Waals surface area contributed by atoms with E-state index in [1.807, 2.05) is 0 Å². The molecule has 0 bridgehead atoms. The number of nitrogens with zero attached hydrogens (tertiary/aromatic N) is 2. The molecule has 0 spiro atoms. The second-order valence-electron chi connectivity index (χ2n) is 6.59. The molecule has 0 radical (unpaired) electrons. The van der Waals surface area contributed by atoms with Crippen LogP contribution in [-0.4, -0.2) is 36.1 Å². The Labute approximate surface area is 169 Å². The summed E-state index contributed by atoms with van der Waals surface area (Å²) in [7, 11) is -4.19. The number of nitrogens with one attached hydrogen (secondary N) is 1. The topological polar surface area (TPSA) is 110 Å². The molecule has 30 heavy (non-hydrogen) atoms. The molecule has 1 aliphatic rings. The highest BCUT2D eigenvalue weighted by molar-refractivity contribution is 7.89. The van der Waals surface area contributed by atoms with E-state index in [0.717, 1.165) is 34.6 Å². The number of non-ortho nitro benzene ring substituents is 1. The number of anilines is 1. The average Bonchev–Trinajstić information content (AvgIpc) is 2.74. The molecule has 1 aliphatic heterocycles. The van der Waals surface area contributed by atoms with Gasteiger partial charge in [0.25, 0.3) is 5.69 Å². The van der Waals surface area contributed by atoms with Gasteiger partial charge in [0.2, 0.25) is 15.9 Å². The summed E-state index contributed by atoms with van der Waals surface area (Å²) in [6, 6.07) is 4.44. The van der Waals surface area contributed by atoms with Crippen LogP contribution in [0.2, 0.25) is 0 Å². The molecule has 0 unspecified atom stereocenters. The van der Waals surface area contributed by atoms with Crippen LogP contribution in [0.5, 0.6) is 0 Å². The molecule has 160 valence electrons. The van der Waals surface area contributed by atoms with E-state index in [1.165, 1.54) is 0 Å². The third kappa shape index (κ3) is 4.14. The Morgan fingerprint density at radius 2 is 1.73 bits per heavy atom. The number of piperidine rings is 1. The Morgan fingerprint density at radius 3 is 2.37 bits per heavy atom. The normalized spacial score (nSPS) is 17.5. The van der Waals surface area contributed by atoms with Gasteiger partial charge in [-0.15, -0.1) is 0 Å². The van der Waals surface area contributed by atoms with Gasteiger partial charge in [-0.25, -0.2) is 21.6 Å². The fourth-order valence-electron chi connectivity index (χ4n) is 3.17. The zero-order valence-electron chi connectivity index (χ0n) is 15.3. The highest BCUT2D eigenvalue weighted by Gasteiger charge is 2.38. The summed E-state index contributed by atoms with van der Waals surface area (Å²) in [6.07, 6.45) is 1.11. The second-order valence-corrected chi connectivity index (χ2v) is 8.48. The van der Waals surface area contributed by atoms with Gasteiger partial charge in [0.15, 0.2) is 17.5 Å². The minimum atomic E-state index is -4.19. The number of benzene rings is 2. The van der Waals surface area contributed by atoms with Crippen LogP contribution in [0.25, 0.3) is 0 Å². The first-order chi connectivity index (χ1) is 14.1. The molecule has 1 N–H and O–H groups in total. The smallest absolute Gasteiger partial charge is 0.269 e. The fourth-order valence-corrected chi connectivity index (χ4v) is 4.82. The molecule has 0 aromatic heterocycles. The lowest BCUT2D eigenvalue weighted by molar-refractivity contribution is -0.384. The van der Waals surface area contributed by atoms with E-state index in [-0.39, 0.29) is 23.5 Å². The predicted molar refractivity (Wildman–Crippen MR) is 99.6 cm³/mol. The van der Waals surface area contributed by atoms with Gasteiger partial charge in [-0.3, -0.25) is 14.9 Å². The number of carbonyl (C=O) groups is 1. The molecule has 0 saturated carbocycles. The Balaban J connectivity index is 1.87. The summed E-state index contributed by atoms with van der Waals surface area (Å²) >= 11 is 0. The molecule has 1 fully saturated rings. The molecule has 1 heterocycles. The van der Waals surface area contributed by atoms with E-state index in [9.17, 15) is 36.5 Å². The molecule has 2 aromatic carbocycles. The number of amides is 1. The van der Waals surface area contributed by atoms with Crippen molar-refractivity contribution in [1.29, 1.82) is 0 Å². The maximum absolute atomic E-state index is 13.9. The van der Waals surface area contributed by atoms with Gasteiger partial charge in [0.05, 0.1) is 15.5 Å². The highest BCUT2D eigenvalue weighted by Crippen LogP contribution is 2.28. The number of hydrogen-bond donors (Lipinski definition) is 1. The van der Waals surface area contributed by atoms with Gasteiger partial charge in [0.1, 0.15) is 6.04 Å². The molecule has 3 rings (SSSR count). The van der Waals surface area contributed by atoms with Crippen molar-refractivity contribution in [2.75, 3.05) is 11.9 Å². The summed E-state index contributed by atoms with van der Waals surface area (Å²) in [5, 5.41) is 12.9. The van der Waals surface area contributed by atoms with E-state index in [0.29, 0.717) is 18.9 Å². The standard InChI is InChI=1S/C18H16F3N3O5S/c19-13-8-9-14(17(21)16(13)20)22-18(25)15-3-1-2-10-23(15)30(28,29)12-6-4-11(5-7-12)24(26)27/h4-9,15H,1-3,10H2,(H,22,25)/t15-/m0/s1. The van der Waals surface area contributed by atoms with Gasteiger partial charge in [-0.1, -0.05) is 6.42 Å². The van der Waals surface area contributed by atoms with Crippen LogP contribution < -0.4 is 5.32 Å². The number of carbonyl (C=O) groups excluding carboxylic acids is 1. The summed E-state index contributed by atoms with van der Waals surface area (Å²) in [5.74, 6) is -5.67. The summed E-state index contributed by atoms with van der Waals surface area (Å²) < 4.78 is 67.3. The van der Waals surface area contributed by atoms with Crippen LogP contribution in [0.15, 0.2) is 41.3 Å². The fraction of sp³-hybridized carbons (Fsp3) is 0.278. The van der Waals surface area contributed by atoms with Crippen molar-refractivity contribution in [2.45, 2.75) is 30.2 Å². The Bertz CT molecular complexity index is 1090. The third-order valence-corrected chi connectivity index (χ3v) is 6.63. The molecule has 0 aliphatic carbocycles. The molecule has 2 aromatic rings. The van der Waals surface area contributed by atoms with E-state index >= 15 is 0 Å². The first-order valence-corrected chi connectivity index (χ1v) is 10.3. The lowest BCUT2D eigenvalue weighted by atomic mass is 10.0. The average molecular weight is 443 g/mol. The first-order valence-electron chi connectivity index (χ1n) is 8.83. The van der Waals surface area contributed by atoms with Crippen LogP contribution in [0.3, 0.4) is 0 Å². The van der Waals surface area contributed by atoms with Gasteiger partial charge >= 0.3 is 0 Å². The summed E-state index contributed by atoms with van der Waals surface area (Å²) in [5.41, 5.74) is -0.909. The van der Waals surface area contributed by atoms with E-state index in [4.69, 9.17) is 0 Å². The molecular weight excluding hydrogens is 427 g/mol. The van der Waals surface area contributed by atoms with Crippen molar-refractivity contribution in [1.82, 2.24) is 4.31 Å². The van der Waals surface area contributed by atoms with Gasteiger partial charge in [-0.2, -0.15) is 4.31 Å². The number of rotatable bonds is 5. The number of hydrogen-bond acceptors (Lipinski definition) is 5. The van der Waals surface area contributed by atoms with Crippen LogP contribution in [-0.2, 0) is 14.8 Å². The lowest BCUT2D eigenvalue weighted by Crippen LogP contribution is -2.49. The SMILES string of the molecule is O=C(Nc1ccc(F)c(F)c1F)[C@@H]1CCCCN1S(=O)(=O)c1ccc([N+](=O)[O-])cc1. The largest absolute Gasteiger partial charge is 0.322 e. The number of nitro groups is 1. The number of nitro benzene ring substituents is 1. The predicted octanol–water partition coefficient (Wildman–Crippen LogP) is 3.19. The molecule has 12 heteroatoms.